The van der Waals surface area contributed by atoms with Gasteiger partial charge in [0.2, 0.25) is 0 Å². The molecule has 1 aliphatic heterocycles. The fourth-order valence-corrected chi connectivity index (χ4v) is 1.93. The summed E-state index contributed by atoms with van der Waals surface area (Å²) in [4.78, 5) is 2.54. The van der Waals surface area contributed by atoms with Gasteiger partial charge in [-0.1, -0.05) is 0 Å². The molecule has 0 aromatic carbocycles. The highest BCUT2D eigenvalue weighted by atomic mass is 15.2. The van der Waals surface area contributed by atoms with Gasteiger partial charge in [-0.15, -0.1) is 0 Å². The van der Waals surface area contributed by atoms with Crippen LogP contribution in [0, 0.1) is 0 Å². The molecular formula is C10H23N3. The molecule has 0 spiro atoms. The summed E-state index contributed by atoms with van der Waals surface area (Å²) in [6, 6.07) is 1.35. The van der Waals surface area contributed by atoms with Gasteiger partial charge >= 0.3 is 0 Å². The van der Waals surface area contributed by atoms with Crippen molar-refractivity contribution in [3.05, 3.63) is 0 Å². The van der Waals surface area contributed by atoms with Gasteiger partial charge in [-0.2, -0.15) is 0 Å². The third kappa shape index (κ3) is 3.63. The maximum Gasteiger partial charge on any atom is 0.0196 e. The van der Waals surface area contributed by atoms with Crippen LogP contribution in [0.4, 0.5) is 0 Å². The number of hydrogen-bond acceptors (Lipinski definition) is 3. The van der Waals surface area contributed by atoms with Crippen LogP contribution in [0.15, 0.2) is 0 Å². The fourth-order valence-electron chi connectivity index (χ4n) is 1.93. The van der Waals surface area contributed by atoms with Crippen LogP contribution < -0.4 is 11.1 Å². The monoisotopic (exact) mass is 185 g/mol. The van der Waals surface area contributed by atoms with Crippen molar-refractivity contribution >= 4 is 0 Å². The van der Waals surface area contributed by atoms with Crippen LogP contribution in [-0.2, 0) is 0 Å². The highest BCUT2D eigenvalue weighted by Crippen LogP contribution is 2.12. The van der Waals surface area contributed by atoms with E-state index in [-0.39, 0.29) is 0 Å². The van der Waals surface area contributed by atoms with Crippen LogP contribution in [0.1, 0.15) is 26.7 Å². The standard InChI is InChI=1S/C10H23N3/c1-9(2)13-7-3-4-10(8-13)12-6-5-11/h9-10,12H,3-8,11H2,1-2H3. The SMILES string of the molecule is CC(C)N1CCCC(NCCN)C1. The van der Waals surface area contributed by atoms with Gasteiger partial charge in [0.15, 0.2) is 0 Å². The number of nitrogens with zero attached hydrogens (tertiary/aromatic N) is 1. The Morgan fingerprint density at radius 2 is 2.31 bits per heavy atom. The van der Waals surface area contributed by atoms with E-state index in [1.807, 2.05) is 0 Å². The zero-order valence-electron chi connectivity index (χ0n) is 8.92. The van der Waals surface area contributed by atoms with Gasteiger partial charge in [0.1, 0.15) is 0 Å². The second kappa shape index (κ2) is 5.58. The largest absolute Gasteiger partial charge is 0.329 e. The van der Waals surface area contributed by atoms with E-state index in [4.69, 9.17) is 5.73 Å². The maximum absolute atomic E-state index is 5.46. The molecule has 1 atom stereocenters. The van der Waals surface area contributed by atoms with Crippen LogP contribution in [0.5, 0.6) is 0 Å². The summed E-state index contributed by atoms with van der Waals surface area (Å²) in [6.45, 7) is 8.70. The molecular weight excluding hydrogens is 162 g/mol. The first-order valence-corrected chi connectivity index (χ1v) is 5.41. The molecule has 0 aliphatic carbocycles. The smallest absolute Gasteiger partial charge is 0.0196 e. The van der Waals surface area contributed by atoms with Crippen LogP contribution in [0.2, 0.25) is 0 Å². The molecule has 1 heterocycles. The van der Waals surface area contributed by atoms with Crippen molar-refractivity contribution in [2.75, 3.05) is 26.2 Å². The second-order valence-corrected chi connectivity index (χ2v) is 4.17. The van der Waals surface area contributed by atoms with E-state index in [0.29, 0.717) is 12.1 Å². The van der Waals surface area contributed by atoms with Gasteiger partial charge in [-0.25, -0.2) is 0 Å². The Bertz CT molecular complexity index is 136. The molecule has 0 amide bonds. The van der Waals surface area contributed by atoms with Gasteiger partial charge < -0.3 is 11.1 Å². The number of rotatable bonds is 4. The molecule has 1 saturated heterocycles. The van der Waals surface area contributed by atoms with E-state index >= 15 is 0 Å². The van der Waals surface area contributed by atoms with Gasteiger partial charge in [-0.3, -0.25) is 4.90 Å². The van der Waals surface area contributed by atoms with Crippen molar-refractivity contribution in [3.63, 3.8) is 0 Å². The fraction of sp³-hybridized carbons (Fsp3) is 1.00. The van der Waals surface area contributed by atoms with E-state index in [1.54, 1.807) is 0 Å². The summed E-state index contributed by atoms with van der Waals surface area (Å²) in [6.07, 6.45) is 2.63. The van der Waals surface area contributed by atoms with Crippen molar-refractivity contribution in [1.82, 2.24) is 10.2 Å². The number of hydrogen-bond donors (Lipinski definition) is 2. The van der Waals surface area contributed by atoms with Crippen molar-refractivity contribution in [2.24, 2.45) is 5.73 Å². The molecule has 1 aliphatic rings. The predicted octanol–water partition coefficient (Wildman–Crippen LogP) is 0.408. The van der Waals surface area contributed by atoms with E-state index in [9.17, 15) is 0 Å². The Balaban J connectivity index is 2.25. The first-order chi connectivity index (χ1) is 6.24. The van der Waals surface area contributed by atoms with E-state index in [2.05, 4.69) is 24.1 Å². The lowest BCUT2D eigenvalue weighted by Crippen LogP contribution is -2.49. The zero-order chi connectivity index (χ0) is 9.68. The summed E-state index contributed by atoms with van der Waals surface area (Å²) in [7, 11) is 0. The van der Waals surface area contributed by atoms with E-state index < -0.39 is 0 Å². The maximum atomic E-state index is 5.46. The first-order valence-electron chi connectivity index (χ1n) is 5.41. The lowest BCUT2D eigenvalue weighted by Gasteiger charge is -2.35. The third-order valence-electron chi connectivity index (χ3n) is 2.76. The van der Waals surface area contributed by atoms with Crippen LogP contribution in [-0.4, -0.2) is 43.2 Å². The molecule has 0 bridgehead atoms. The topological polar surface area (TPSA) is 41.3 Å². The first kappa shape index (κ1) is 11.0. The molecule has 1 fully saturated rings. The number of nitrogens with two attached hydrogens (primary N) is 1. The number of piperidine rings is 1. The third-order valence-corrected chi connectivity index (χ3v) is 2.76. The lowest BCUT2D eigenvalue weighted by molar-refractivity contribution is 0.155. The lowest BCUT2D eigenvalue weighted by atomic mass is 10.0. The molecule has 13 heavy (non-hydrogen) atoms. The molecule has 3 nitrogen and oxygen atoms in total. The minimum absolute atomic E-state index is 0.666. The highest BCUT2D eigenvalue weighted by Gasteiger charge is 2.20. The molecule has 0 saturated carbocycles. The van der Waals surface area contributed by atoms with Crippen molar-refractivity contribution in [2.45, 2.75) is 38.8 Å². The minimum atomic E-state index is 0.666. The minimum Gasteiger partial charge on any atom is -0.329 e. The Morgan fingerprint density at radius 3 is 2.92 bits per heavy atom. The zero-order valence-corrected chi connectivity index (χ0v) is 8.92. The summed E-state index contributed by atoms with van der Waals surface area (Å²) in [5, 5.41) is 3.49. The van der Waals surface area contributed by atoms with Crippen molar-refractivity contribution in [3.8, 4) is 0 Å². The summed E-state index contributed by atoms with van der Waals surface area (Å²) in [5.41, 5.74) is 5.46. The second-order valence-electron chi connectivity index (χ2n) is 4.17. The molecule has 1 unspecified atom stereocenters. The Hall–Kier alpha value is -0.120. The van der Waals surface area contributed by atoms with E-state index in [0.717, 1.165) is 13.1 Å². The number of nitrogens with one attached hydrogen (secondary N) is 1. The Morgan fingerprint density at radius 1 is 1.54 bits per heavy atom. The predicted molar refractivity (Wildman–Crippen MR) is 56.8 cm³/mol. The Labute approximate surface area is 81.7 Å². The highest BCUT2D eigenvalue weighted by molar-refractivity contribution is 4.79. The van der Waals surface area contributed by atoms with Gasteiger partial charge in [0.05, 0.1) is 0 Å². The van der Waals surface area contributed by atoms with Crippen LogP contribution in [0.3, 0.4) is 0 Å². The average Bonchev–Trinajstić information content (AvgIpc) is 2.15. The molecule has 78 valence electrons. The molecule has 3 N–H and O–H groups in total. The van der Waals surface area contributed by atoms with Gasteiger partial charge in [-0.05, 0) is 33.2 Å². The molecule has 3 heteroatoms. The van der Waals surface area contributed by atoms with Crippen molar-refractivity contribution in [1.29, 1.82) is 0 Å². The van der Waals surface area contributed by atoms with Crippen molar-refractivity contribution < 1.29 is 0 Å². The summed E-state index contributed by atoms with van der Waals surface area (Å²) < 4.78 is 0. The molecule has 0 radical (unpaired) electrons. The van der Waals surface area contributed by atoms with Crippen LogP contribution in [0.25, 0.3) is 0 Å². The van der Waals surface area contributed by atoms with Gasteiger partial charge in [0.25, 0.3) is 0 Å². The Kier molecular flexibility index (Phi) is 4.70. The molecule has 0 aromatic rings. The summed E-state index contributed by atoms with van der Waals surface area (Å²) >= 11 is 0. The molecule has 1 rings (SSSR count). The average molecular weight is 185 g/mol. The van der Waals surface area contributed by atoms with Crippen LogP contribution >= 0.6 is 0 Å². The van der Waals surface area contributed by atoms with Gasteiger partial charge in [0, 0.05) is 31.7 Å². The van der Waals surface area contributed by atoms with E-state index in [1.165, 1.54) is 25.9 Å². The quantitative estimate of drug-likeness (QED) is 0.666. The number of likely N-dealkylation sites (tertiary alicyclic amines) is 1. The normalized spacial score (nSPS) is 25.4. The molecule has 0 aromatic heterocycles. The summed E-state index contributed by atoms with van der Waals surface area (Å²) in [5.74, 6) is 0.